The fourth-order valence-corrected chi connectivity index (χ4v) is 7.38. The largest absolute Gasteiger partial charge is 0.344 e. The monoisotopic (exact) mass is 703 g/mol. The normalized spacial score (nSPS) is 16.5. The zero-order valence-electron chi connectivity index (χ0n) is 30.1. The first-order valence-corrected chi connectivity index (χ1v) is 18.2. The third kappa shape index (κ3) is 8.83. The molecule has 11 nitrogen and oxygen atoms in total. The van der Waals surface area contributed by atoms with Gasteiger partial charge >= 0.3 is 0 Å². The minimum Gasteiger partial charge on any atom is -0.344 e. The van der Waals surface area contributed by atoms with Crippen molar-refractivity contribution in [3.05, 3.63) is 125 Å². The van der Waals surface area contributed by atoms with Crippen molar-refractivity contribution < 1.29 is 19.2 Å². The maximum Gasteiger partial charge on any atom is 0.270 e. The van der Waals surface area contributed by atoms with Gasteiger partial charge in [0.25, 0.3) is 5.91 Å². The molecule has 1 aliphatic heterocycles. The van der Waals surface area contributed by atoms with E-state index in [1.54, 1.807) is 26.2 Å². The SMILES string of the molecule is CCC(=O)N[C@H](Cc1ccc(CNC[C@](C=O)(NC(=O)c2ccnn2C)C2Cc3ccccc3C2)cc1)C(=O)N1CCN(Cc2ccccc2)CC1. The van der Waals surface area contributed by atoms with Gasteiger partial charge in [-0.1, -0.05) is 85.8 Å². The highest BCUT2D eigenvalue weighted by Gasteiger charge is 2.43. The lowest BCUT2D eigenvalue weighted by molar-refractivity contribution is -0.138. The Balaban J connectivity index is 1.07. The van der Waals surface area contributed by atoms with Crippen LogP contribution in [-0.4, -0.2) is 87.9 Å². The number of aromatic nitrogens is 2. The van der Waals surface area contributed by atoms with Crippen LogP contribution in [0, 0.1) is 5.92 Å². The van der Waals surface area contributed by atoms with Crippen LogP contribution in [0.4, 0.5) is 0 Å². The van der Waals surface area contributed by atoms with Crippen molar-refractivity contribution in [2.45, 2.75) is 57.3 Å². The first-order chi connectivity index (χ1) is 25.3. The lowest BCUT2D eigenvalue weighted by Crippen LogP contribution is -2.61. The third-order valence-electron chi connectivity index (χ3n) is 10.5. The summed E-state index contributed by atoms with van der Waals surface area (Å²) in [5, 5.41) is 13.6. The molecule has 4 aromatic rings. The summed E-state index contributed by atoms with van der Waals surface area (Å²) in [5.41, 5.74) is 4.82. The first kappa shape index (κ1) is 36.7. The molecular formula is C41H49N7O4. The van der Waals surface area contributed by atoms with Crippen LogP contribution in [0.1, 0.15) is 51.7 Å². The van der Waals surface area contributed by atoms with Gasteiger partial charge in [0.05, 0.1) is 0 Å². The summed E-state index contributed by atoms with van der Waals surface area (Å²) in [4.78, 5) is 56.8. The van der Waals surface area contributed by atoms with E-state index in [9.17, 15) is 19.2 Å². The van der Waals surface area contributed by atoms with Crippen molar-refractivity contribution in [3.8, 4) is 0 Å². The van der Waals surface area contributed by atoms with Gasteiger partial charge in [-0.05, 0) is 52.6 Å². The van der Waals surface area contributed by atoms with Crippen LogP contribution < -0.4 is 16.0 Å². The molecule has 0 spiro atoms. The zero-order valence-corrected chi connectivity index (χ0v) is 30.1. The van der Waals surface area contributed by atoms with E-state index in [0.29, 0.717) is 51.0 Å². The Bertz CT molecular complexity index is 1810. The molecule has 3 amide bonds. The standard InChI is InChI=1S/C41H49N7O4/c1-3-38(50)44-36(40(52)48-21-19-47(20-22-48)27-32-9-5-4-6-10-32)23-30-13-15-31(16-14-30)26-42-28-41(29-49,45-39(51)37-17-18-43-46(37)2)35-24-33-11-7-8-12-34(33)25-35/h4-18,29,35-36,42H,3,19-28H2,1-2H3,(H,44,50)(H,45,51)/t36-,41-/m1/s1. The fourth-order valence-electron chi connectivity index (χ4n) is 7.38. The van der Waals surface area contributed by atoms with Gasteiger partial charge in [-0.15, -0.1) is 0 Å². The lowest BCUT2D eigenvalue weighted by Gasteiger charge is -2.36. The molecule has 0 unspecified atom stereocenters. The summed E-state index contributed by atoms with van der Waals surface area (Å²) < 4.78 is 1.50. The van der Waals surface area contributed by atoms with E-state index in [-0.39, 0.29) is 30.2 Å². The molecule has 11 heteroatoms. The predicted octanol–water partition coefficient (Wildman–Crippen LogP) is 3.07. The molecule has 1 fully saturated rings. The van der Waals surface area contributed by atoms with Gasteiger partial charge in [0, 0.05) is 71.9 Å². The summed E-state index contributed by atoms with van der Waals surface area (Å²) in [6, 6.07) is 27.5. The summed E-state index contributed by atoms with van der Waals surface area (Å²) >= 11 is 0. The van der Waals surface area contributed by atoms with Gasteiger partial charge in [0.2, 0.25) is 11.8 Å². The molecule has 0 bridgehead atoms. The van der Waals surface area contributed by atoms with E-state index in [4.69, 9.17) is 0 Å². The Morgan fingerprint density at radius 1 is 0.865 bits per heavy atom. The second-order valence-electron chi connectivity index (χ2n) is 14.0. The molecule has 6 rings (SSSR count). The third-order valence-corrected chi connectivity index (χ3v) is 10.5. The van der Waals surface area contributed by atoms with E-state index >= 15 is 0 Å². The fraction of sp³-hybridized carbons (Fsp3) is 0.390. The van der Waals surface area contributed by atoms with Crippen molar-refractivity contribution in [3.63, 3.8) is 0 Å². The van der Waals surface area contributed by atoms with E-state index < -0.39 is 11.6 Å². The molecular weight excluding hydrogens is 654 g/mol. The maximum absolute atomic E-state index is 13.7. The number of fused-ring (bicyclic) bond motifs is 1. The van der Waals surface area contributed by atoms with Crippen LogP contribution in [0.5, 0.6) is 0 Å². The van der Waals surface area contributed by atoms with Gasteiger partial charge in [-0.25, -0.2) is 0 Å². The van der Waals surface area contributed by atoms with E-state index in [2.05, 4.69) is 50.2 Å². The molecule has 3 aromatic carbocycles. The van der Waals surface area contributed by atoms with Crippen molar-refractivity contribution in [1.29, 1.82) is 0 Å². The number of aryl methyl sites for hydroxylation is 1. The number of nitrogens with one attached hydrogen (secondary N) is 3. The van der Waals surface area contributed by atoms with E-state index in [1.807, 2.05) is 59.5 Å². The zero-order chi connectivity index (χ0) is 36.5. The predicted molar refractivity (Wildman–Crippen MR) is 199 cm³/mol. The average Bonchev–Trinajstić information content (AvgIpc) is 3.82. The topological polar surface area (TPSA) is 129 Å². The number of aldehydes is 1. The Morgan fingerprint density at radius 3 is 2.13 bits per heavy atom. The van der Waals surface area contributed by atoms with Crippen LogP contribution >= 0.6 is 0 Å². The number of carbonyl (C=O) groups excluding carboxylic acids is 4. The van der Waals surface area contributed by atoms with E-state index in [0.717, 1.165) is 37.0 Å². The van der Waals surface area contributed by atoms with Crippen LogP contribution in [0.3, 0.4) is 0 Å². The van der Waals surface area contributed by atoms with Crippen molar-refractivity contribution in [1.82, 2.24) is 35.5 Å². The molecule has 272 valence electrons. The Morgan fingerprint density at radius 2 is 1.52 bits per heavy atom. The molecule has 0 saturated carbocycles. The van der Waals surface area contributed by atoms with Gasteiger partial charge in [-0.2, -0.15) is 5.10 Å². The summed E-state index contributed by atoms with van der Waals surface area (Å²) in [6.45, 7) is 6.16. The van der Waals surface area contributed by atoms with Crippen molar-refractivity contribution in [2.75, 3.05) is 32.7 Å². The molecule has 1 aliphatic carbocycles. The highest BCUT2D eigenvalue weighted by Crippen LogP contribution is 2.33. The highest BCUT2D eigenvalue weighted by molar-refractivity contribution is 5.95. The van der Waals surface area contributed by atoms with Crippen molar-refractivity contribution in [2.24, 2.45) is 13.0 Å². The Labute approximate surface area is 305 Å². The first-order valence-electron chi connectivity index (χ1n) is 18.2. The molecule has 1 aromatic heterocycles. The molecule has 2 aliphatic rings. The summed E-state index contributed by atoms with van der Waals surface area (Å²) in [7, 11) is 1.70. The second-order valence-corrected chi connectivity index (χ2v) is 14.0. The van der Waals surface area contributed by atoms with E-state index in [1.165, 1.54) is 21.4 Å². The molecule has 52 heavy (non-hydrogen) atoms. The molecule has 0 radical (unpaired) electrons. The van der Waals surface area contributed by atoms with Gasteiger partial charge < -0.3 is 25.6 Å². The minimum atomic E-state index is -1.14. The number of hydrogen-bond acceptors (Lipinski definition) is 7. The summed E-state index contributed by atoms with van der Waals surface area (Å²) in [5.74, 6) is -0.669. The maximum atomic E-state index is 13.7. The van der Waals surface area contributed by atoms with Crippen molar-refractivity contribution >= 4 is 24.0 Å². The molecule has 3 N–H and O–H groups in total. The minimum absolute atomic E-state index is 0.0562. The lowest BCUT2D eigenvalue weighted by atomic mass is 9.82. The van der Waals surface area contributed by atoms with Crippen LogP contribution in [-0.2, 0) is 53.8 Å². The number of hydrogen-bond donors (Lipinski definition) is 3. The average molecular weight is 704 g/mol. The molecule has 2 atom stereocenters. The van der Waals surface area contributed by atoms with Crippen LogP contribution in [0.2, 0.25) is 0 Å². The molecule has 2 heterocycles. The van der Waals surface area contributed by atoms with Crippen LogP contribution in [0.25, 0.3) is 0 Å². The quantitative estimate of drug-likeness (QED) is 0.163. The number of piperazine rings is 1. The second kappa shape index (κ2) is 16.9. The van der Waals surface area contributed by atoms with Crippen LogP contribution in [0.15, 0.2) is 91.1 Å². The molecule has 1 saturated heterocycles. The summed E-state index contributed by atoms with van der Waals surface area (Å²) in [6.07, 6.45) is 4.52. The number of rotatable bonds is 15. The number of benzene rings is 3. The van der Waals surface area contributed by atoms with Gasteiger partial charge in [0.1, 0.15) is 23.6 Å². The number of nitrogens with zero attached hydrogens (tertiary/aromatic N) is 4. The number of carbonyl (C=O) groups is 4. The van der Waals surface area contributed by atoms with Gasteiger partial charge in [-0.3, -0.25) is 24.0 Å². The smallest absolute Gasteiger partial charge is 0.270 e. The van der Waals surface area contributed by atoms with Gasteiger partial charge in [0.15, 0.2) is 0 Å². The number of amides is 3. The Kier molecular flexibility index (Phi) is 11.9. The highest BCUT2D eigenvalue weighted by atomic mass is 16.2. The Hall–Kier alpha value is -5.13.